The number of carbonyl (C=O) groups excluding carboxylic acids is 2. The molecular formula is C24H31N3O4. The first-order valence-corrected chi connectivity index (χ1v) is 10.9. The average molecular weight is 426 g/mol. The van der Waals surface area contributed by atoms with Crippen LogP contribution in [-0.2, 0) is 4.74 Å². The fourth-order valence-electron chi connectivity index (χ4n) is 3.32. The number of anilines is 1. The van der Waals surface area contributed by atoms with Crippen LogP contribution in [0.15, 0.2) is 48.5 Å². The molecule has 0 bridgehead atoms. The molecule has 0 aromatic heterocycles. The smallest absolute Gasteiger partial charge is 0.269 e. The quantitative estimate of drug-likeness (QED) is 0.474. The van der Waals surface area contributed by atoms with Crippen LogP contribution in [0.3, 0.4) is 0 Å². The van der Waals surface area contributed by atoms with Crippen LogP contribution in [0, 0.1) is 0 Å². The number of ether oxygens (including phenoxy) is 2. The van der Waals surface area contributed by atoms with Crippen LogP contribution in [0.1, 0.15) is 53.3 Å². The zero-order valence-electron chi connectivity index (χ0n) is 18.1. The predicted molar refractivity (Wildman–Crippen MR) is 120 cm³/mol. The van der Waals surface area contributed by atoms with Gasteiger partial charge in [0.05, 0.1) is 19.8 Å². The van der Waals surface area contributed by atoms with Gasteiger partial charge in [-0.3, -0.25) is 20.4 Å². The third-order valence-electron chi connectivity index (χ3n) is 5.18. The Morgan fingerprint density at radius 2 is 1.45 bits per heavy atom. The van der Waals surface area contributed by atoms with E-state index < -0.39 is 0 Å². The van der Waals surface area contributed by atoms with Gasteiger partial charge in [-0.25, -0.2) is 0 Å². The summed E-state index contributed by atoms with van der Waals surface area (Å²) in [6, 6.07) is 14.2. The summed E-state index contributed by atoms with van der Waals surface area (Å²) in [6.07, 6.45) is 4.59. The lowest BCUT2D eigenvalue weighted by molar-refractivity contribution is 0.0846. The number of morpholine rings is 1. The minimum atomic E-state index is -0.382. The molecule has 0 saturated carbocycles. The molecule has 0 unspecified atom stereocenters. The van der Waals surface area contributed by atoms with Crippen LogP contribution in [0.5, 0.6) is 5.75 Å². The topological polar surface area (TPSA) is 79.9 Å². The fraction of sp³-hybridized carbons (Fsp3) is 0.417. The number of hydrazine groups is 1. The van der Waals surface area contributed by atoms with Crippen molar-refractivity contribution in [1.29, 1.82) is 0 Å². The summed E-state index contributed by atoms with van der Waals surface area (Å²) in [4.78, 5) is 26.8. The number of hydrogen-bond acceptors (Lipinski definition) is 5. The van der Waals surface area contributed by atoms with Gasteiger partial charge < -0.3 is 14.4 Å². The Hall–Kier alpha value is -3.06. The van der Waals surface area contributed by atoms with Crippen LogP contribution < -0.4 is 20.5 Å². The van der Waals surface area contributed by atoms with E-state index in [4.69, 9.17) is 9.47 Å². The van der Waals surface area contributed by atoms with E-state index in [1.807, 2.05) is 12.1 Å². The van der Waals surface area contributed by atoms with Crippen molar-refractivity contribution < 1.29 is 19.1 Å². The van der Waals surface area contributed by atoms with Gasteiger partial charge in [-0.15, -0.1) is 0 Å². The Balaban J connectivity index is 1.43. The van der Waals surface area contributed by atoms with Gasteiger partial charge in [0.25, 0.3) is 11.8 Å². The predicted octanol–water partition coefficient (Wildman–Crippen LogP) is 3.56. The molecule has 3 rings (SSSR count). The number of nitrogens with zero attached hydrogens (tertiary/aromatic N) is 1. The van der Waals surface area contributed by atoms with Crippen molar-refractivity contribution in [2.45, 2.75) is 32.6 Å². The zero-order valence-corrected chi connectivity index (χ0v) is 18.1. The van der Waals surface area contributed by atoms with E-state index in [0.29, 0.717) is 30.9 Å². The molecule has 0 atom stereocenters. The third-order valence-corrected chi connectivity index (χ3v) is 5.18. The maximum Gasteiger partial charge on any atom is 0.269 e. The molecule has 1 fully saturated rings. The monoisotopic (exact) mass is 425 g/mol. The highest BCUT2D eigenvalue weighted by Gasteiger charge is 2.13. The van der Waals surface area contributed by atoms with E-state index >= 15 is 0 Å². The average Bonchev–Trinajstić information content (AvgIpc) is 2.83. The molecule has 2 amide bonds. The molecule has 7 nitrogen and oxygen atoms in total. The van der Waals surface area contributed by atoms with Crippen LogP contribution in [0.25, 0.3) is 0 Å². The van der Waals surface area contributed by atoms with E-state index in [0.717, 1.165) is 37.4 Å². The van der Waals surface area contributed by atoms with Gasteiger partial charge in [-0.2, -0.15) is 0 Å². The van der Waals surface area contributed by atoms with Crippen LogP contribution in [0.2, 0.25) is 0 Å². The number of nitrogens with one attached hydrogen (secondary N) is 2. The van der Waals surface area contributed by atoms with Gasteiger partial charge in [0, 0.05) is 29.9 Å². The highest BCUT2D eigenvalue weighted by molar-refractivity contribution is 5.99. The summed E-state index contributed by atoms with van der Waals surface area (Å²) in [6.45, 7) is 5.94. The number of rotatable bonds is 9. The van der Waals surface area contributed by atoms with Gasteiger partial charge in [0.15, 0.2) is 0 Å². The molecule has 0 radical (unpaired) electrons. The second kappa shape index (κ2) is 12.0. The summed E-state index contributed by atoms with van der Waals surface area (Å²) in [5.41, 5.74) is 6.89. The number of benzene rings is 2. The first kappa shape index (κ1) is 22.6. The summed E-state index contributed by atoms with van der Waals surface area (Å²) in [7, 11) is 0. The molecule has 31 heavy (non-hydrogen) atoms. The van der Waals surface area contributed by atoms with Crippen molar-refractivity contribution in [3.05, 3.63) is 59.7 Å². The van der Waals surface area contributed by atoms with Crippen molar-refractivity contribution in [2.24, 2.45) is 0 Å². The lowest BCUT2D eigenvalue weighted by atomic mass is 10.2. The molecule has 1 heterocycles. The largest absolute Gasteiger partial charge is 0.494 e. The lowest BCUT2D eigenvalue weighted by Gasteiger charge is -2.28. The van der Waals surface area contributed by atoms with Crippen LogP contribution >= 0.6 is 0 Å². The van der Waals surface area contributed by atoms with E-state index in [-0.39, 0.29) is 11.8 Å². The molecule has 2 aromatic rings. The van der Waals surface area contributed by atoms with Gasteiger partial charge in [0.1, 0.15) is 5.75 Å². The fourth-order valence-corrected chi connectivity index (χ4v) is 3.32. The van der Waals surface area contributed by atoms with Gasteiger partial charge in [-0.1, -0.05) is 26.2 Å². The lowest BCUT2D eigenvalue weighted by Crippen LogP contribution is -2.41. The van der Waals surface area contributed by atoms with Crippen molar-refractivity contribution in [3.63, 3.8) is 0 Å². The second-order valence-corrected chi connectivity index (χ2v) is 7.49. The molecule has 2 N–H and O–H groups in total. The molecule has 7 heteroatoms. The number of carbonyl (C=O) groups is 2. The molecule has 166 valence electrons. The van der Waals surface area contributed by atoms with E-state index in [1.165, 1.54) is 12.8 Å². The Bertz CT molecular complexity index is 831. The maximum atomic E-state index is 12.3. The first-order valence-electron chi connectivity index (χ1n) is 10.9. The number of unbranched alkanes of at least 4 members (excludes halogenated alkanes) is 3. The van der Waals surface area contributed by atoms with Gasteiger partial charge in [-0.05, 0) is 55.0 Å². The Labute approximate surface area is 183 Å². The summed E-state index contributed by atoms with van der Waals surface area (Å²) in [5.74, 6) is -0.0147. The SMILES string of the molecule is CCCCCCOc1ccc(C(=O)NNC(=O)c2ccc(N3CCOCC3)cc2)cc1. The number of hydrogen-bond donors (Lipinski definition) is 2. The Morgan fingerprint density at radius 3 is 2.03 bits per heavy atom. The van der Waals surface area contributed by atoms with Crippen molar-refractivity contribution in [1.82, 2.24) is 10.9 Å². The van der Waals surface area contributed by atoms with Crippen LogP contribution in [-0.4, -0.2) is 44.7 Å². The van der Waals surface area contributed by atoms with Crippen LogP contribution in [0.4, 0.5) is 5.69 Å². The molecule has 2 aromatic carbocycles. The maximum absolute atomic E-state index is 12.3. The minimum Gasteiger partial charge on any atom is -0.494 e. The highest BCUT2D eigenvalue weighted by atomic mass is 16.5. The normalized spacial score (nSPS) is 13.5. The molecule has 1 saturated heterocycles. The summed E-state index contributed by atoms with van der Waals surface area (Å²) in [5, 5.41) is 0. The molecule has 0 spiro atoms. The Kier molecular flexibility index (Phi) is 8.72. The zero-order chi connectivity index (χ0) is 21.9. The van der Waals surface area contributed by atoms with Crippen molar-refractivity contribution in [2.75, 3.05) is 37.8 Å². The third kappa shape index (κ3) is 7.00. The second-order valence-electron chi connectivity index (χ2n) is 7.49. The molecule has 1 aliphatic heterocycles. The number of amides is 2. The minimum absolute atomic E-state index is 0.367. The summed E-state index contributed by atoms with van der Waals surface area (Å²) < 4.78 is 11.0. The molecule has 0 aliphatic carbocycles. The van der Waals surface area contributed by atoms with E-state index in [9.17, 15) is 9.59 Å². The van der Waals surface area contributed by atoms with Gasteiger partial charge >= 0.3 is 0 Å². The highest BCUT2D eigenvalue weighted by Crippen LogP contribution is 2.17. The standard InChI is InChI=1S/C24H31N3O4/c1-2-3-4-5-16-31-22-12-8-20(9-13-22)24(29)26-25-23(28)19-6-10-21(11-7-19)27-14-17-30-18-15-27/h6-13H,2-5,14-18H2,1H3,(H,25,28)(H,26,29). The van der Waals surface area contributed by atoms with E-state index in [2.05, 4.69) is 22.7 Å². The Morgan fingerprint density at radius 1 is 0.871 bits per heavy atom. The van der Waals surface area contributed by atoms with Crippen molar-refractivity contribution in [3.8, 4) is 5.75 Å². The summed E-state index contributed by atoms with van der Waals surface area (Å²) >= 11 is 0. The van der Waals surface area contributed by atoms with E-state index in [1.54, 1.807) is 36.4 Å². The molecular weight excluding hydrogens is 394 g/mol. The van der Waals surface area contributed by atoms with Crippen molar-refractivity contribution >= 4 is 17.5 Å². The molecule has 1 aliphatic rings. The van der Waals surface area contributed by atoms with Gasteiger partial charge in [0.2, 0.25) is 0 Å². The first-order chi connectivity index (χ1) is 15.2.